The first-order chi connectivity index (χ1) is 13.7. The van der Waals surface area contributed by atoms with E-state index in [0.29, 0.717) is 5.41 Å². The third kappa shape index (κ3) is 4.08. The molecule has 0 radical (unpaired) electrons. The molecule has 1 aromatic carbocycles. The van der Waals surface area contributed by atoms with Gasteiger partial charge in [-0.2, -0.15) is 0 Å². The Morgan fingerprint density at radius 2 is 1.75 bits per heavy atom. The minimum absolute atomic E-state index is 0.528. The Morgan fingerprint density at radius 3 is 2.39 bits per heavy atom. The number of hydrogen-bond acceptors (Lipinski definition) is 4. The monoisotopic (exact) mass is 383 g/mol. The molecular weight excluding hydrogens is 346 g/mol. The fourth-order valence-corrected chi connectivity index (χ4v) is 5.06. The van der Waals surface area contributed by atoms with Crippen molar-refractivity contribution in [3.05, 3.63) is 29.8 Å². The smallest absolute Gasteiger partial charge is 0.0642 e. The highest BCUT2D eigenvalue weighted by Crippen LogP contribution is 2.45. The number of ether oxygens (including phenoxy) is 1. The van der Waals surface area contributed by atoms with Gasteiger partial charge in [0.05, 0.1) is 13.2 Å². The largest absolute Gasteiger partial charge is 0.378 e. The van der Waals surface area contributed by atoms with E-state index in [2.05, 4.69) is 53.2 Å². The standard InChI is InChI=1S/C24H37N3O/c1-3-24(4-2)9-7-20(8-10-24)22-19-21(26-15-17-28-18-16-26)5-6-23(22)27-13-11-25-12-14-27/h5-7,19,25H,3-4,8-18H2,1-2H3. The van der Waals surface area contributed by atoms with E-state index < -0.39 is 0 Å². The van der Waals surface area contributed by atoms with Crippen LogP contribution in [0.3, 0.4) is 0 Å². The van der Waals surface area contributed by atoms with E-state index in [1.54, 1.807) is 5.57 Å². The minimum atomic E-state index is 0.528. The van der Waals surface area contributed by atoms with Crippen LogP contribution in [0.2, 0.25) is 0 Å². The average molecular weight is 384 g/mol. The summed E-state index contributed by atoms with van der Waals surface area (Å²) in [6.07, 6.45) is 8.94. The van der Waals surface area contributed by atoms with Crippen molar-refractivity contribution in [2.24, 2.45) is 5.41 Å². The zero-order valence-electron chi connectivity index (χ0n) is 17.8. The van der Waals surface area contributed by atoms with Crippen molar-refractivity contribution in [1.82, 2.24) is 5.32 Å². The van der Waals surface area contributed by atoms with Crippen molar-refractivity contribution in [2.75, 3.05) is 62.3 Å². The van der Waals surface area contributed by atoms with Crippen LogP contribution in [0.4, 0.5) is 11.4 Å². The molecule has 2 heterocycles. The summed E-state index contributed by atoms with van der Waals surface area (Å²) in [7, 11) is 0. The van der Waals surface area contributed by atoms with Gasteiger partial charge in [-0.25, -0.2) is 0 Å². The number of piperazine rings is 1. The molecule has 154 valence electrons. The average Bonchev–Trinajstić information content (AvgIpc) is 2.80. The molecule has 0 saturated carbocycles. The summed E-state index contributed by atoms with van der Waals surface area (Å²) in [4.78, 5) is 5.07. The van der Waals surface area contributed by atoms with Gasteiger partial charge >= 0.3 is 0 Å². The van der Waals surface area contributed by atoms with E-state index in [9.17, 15) is 0 Å². The summed E-state index contributed by atoms with van der Waals surface area (Å²) >= 11 is 0. The maximum atomic E-state index is 5.57. The van der Waals surface area contributed by atoms with Crippen molar-refractivity contribution in [2.45, 2.75) is 46.0 Å². The molecule has 2 saturated heterocycles. The Kier molecular flexibility index (Phi) is 6.27. The van der Waals surface area contributed by atoms with Crippen molar-refractivity contribution in [3.63, 3.8) is 0 Å². The molecule has 4 rings (SSSR count). The molecule has 0 spiro atoms. The summed E-state index contributed by atoms with van der Waals surface area (Å²) < 4.78 is 5.57. The molecule has 4 nitrogen and oxygen atoms in total. The lowest BCUT2D eigenvalue weighted by Gasteiger charge is -2.37. The molecule has 0 bridgehead atoms. The second-order valence-corrected chi connectivity index (χ2v) is 8.68. The van der Waals surface area contributed by atoms with Gasteiger partial charge in [0.1, 0.15) is 0 Å². The summed E-state index contributed by atoms with van der Waals surface area (Å²) in [5.74, 6) is 0. The van der Waals surface area contributed by atoms with Crippen LogP contribution in [0.5, 0.6) is 0 Å². The van der Waals surface area contributed by atoms with Gasteiger partial charge in [-0.05, 0) is 48.4 Å². The molecule has 2 aliphatic heterocycles. The first-order valence-corrected chi connectivity index (χ1v) is 11.4. The van der Waals surface area contributed by atoms with Gasteiger partial charge < -0.3 is 19.9 Å². The minimum Gasteiger partial charge on any atom is -0.378 e. The van der Waals surface area contributed by atoms with Gasteiger partial charge in [0.25, 0.3) is 0 Å². The summed E-state index contributed by atoms with van der Waals surface area (Å²) in [5, 5.41) is 3.49. The van der Waals surface area contributed by atoms with E-state index in [4.69, 9.17) is 4.74 Å². The number of benzene rings is 1. The Balaban J connectivity index is 1.66. The number of hydrogen-bond donors (Lipinski definition) is 1. The van der Waals surface area contributed by atoms with E-state index in [1.165, 1.54) is 49.0 Å². The predicted molar refractivity (Wildman–Crippen MR) is 119 cm³/mol. The normalized spacial score (nSPS) is 22.9. The number of morpholine rings is 1. The molecule has 1 N–H and O–H groups in total. The number of anilines is 2. The quantitative estimate of drug-likeness (QED) is 0.820. The Labute approximate surface area is 170 Å². The van der Waals surface area contributed by atoms with E-state index >= 15 is 0 Å². The highest BCUT2D eigenvalue weighted by Gasteiger charge is 2.30. The zero-order chi connectivity index (χ0) is 19.4. The molecular formula is C24H37N3O. The van der Waals surface area contributed by atoms with Gasteiger partial charge in [0.15, 0.2) is 0 Å². The molecule has 1 aliphatic carbocycles. The van der Waals surface area contributed by atoms with Crippen LogP contribution < -0.4 is 15.1 Å². The number of nitrogens with one attached hydrogen (secondary N) is 1. The van der Waals surface area contributed by atoms with E-state index in [-0.39, 0.29) is 0 Å². The van der Waals surface area contributed by atoms with Gasteiger partial charge in [0, 0.05) is 56.2 Å². The third-order valence-corrected chi connectivity index (χ3v) is 7.37. The molecule has 4 heteroatoms. The first kappa shape index (κ1) is 19.8. The number of nitrogens with zero attached hydrogens (tertiary/aromatic N) is 2. The summed E-state index contributed by atoms with van der Waals surface area (Å²) in [6, 6.07) is 7.19. The predicted octanol–water partition coefficient (Wildman–Crippen LogP) is 4.31. The summed E-state index contributed by atoms with van der Waals surface area (Å²) in [6.45, 7) is 12.8. The molecule has 3 aliphatic rings. The first-order valence-electron chi connectivity index (χ1n) is 11.4. The molecule has 0 unspecified atom stereocenters. The van der Waals surface area contributed by atoms with Crippen LogP contribution >= 0.6 is 0 Å². The molecule has 0 atom stereocenters. The van der Waals surface area contributed by atoms with Crippen LogP contribution in [0.15, 0.2) is 24.3 Å². The van der Waals surface area contributed by atoms with Crippen molar-refractivity contribution < 1.29 is 4.74 Å². The lowest BCUT2D eigenvalue weighted by Crippen LogP contribution is -2.44. The van der Waals surface area contributed by atoms with Gasteiger partial charge in [-0.3, -0.25) is 0 Å². The van der Waals surface area contributed by atoms with Crippen LogP contribution in [-0.2, 0) is 4.74 Å². The zero-order valence-corrected chi connectivity index (χ0v) is 17.8. The fraction of sp³-hybridized carbons (Fsp3) is 0.667. The Hall–Kier alpha value is -1.52. The molecule has 28 heavy (non-hydrogen) atoms. The second kappa shape index (κ2) is 8.87. The topological polar surface area (TPSA) is 27.7 Å². The van der Waals surface area contributed by atoms with Crippen molar-refractivity contribution in [1.29, 1.82) is 0 Å². The fourth-order valence-electron chi connectivity index (χ4n) is 5.06. The molecule has 2 fully saturated rings. The SMILES string of the molecule is CCC1(CC)CC=C(c2cc(N3CCOCC3)ccc2N2CCNCC2)CC1. The highest BCUT2D eigenvalue weighted by atomic mass is 16.5. The summed E-state index contributed by atoms with van der Waals surface area (Å²) in [5.41, 5.74) is 6.37. The van der Waals surface area contributed by atoms with Gasteiger partial charge in [0.2, 0.25) is 0 Å². The molecule has 0 aromatic heterocycles. The van der Waals surface area contributed by atoms with Gasteiger partial charge in [-0.1, -0.05) is 32.8 Å². The van der Waals surface area contributed by atoms with Crippen LogP contribution in [0.1, 0.15) is 51.5 Å². The van der Waals surface area contributed by atoms with Crippen LogP contribution in [0, 0.1) is 5.41 Å². The van der Waals surface area contributed by atoms with Gasteiger partial charge in [-0.15, -0.1) is 0 Å². The maximum Gasteiger partial charge on any atom is 0.0642 e. The molecule has 1 aromatic rings. The van der Waals surface area contributed by atoms with Crippen molar-refractivity contribution in [3.8, 4) is 0 Å². The van der Waals surface area contributed by atoms with Crippen LogP contribution in [0.25, 0.3) is 5.57 Å². The number of allylic oxidation sites excluding steroid dienone is 2. The highest BCUT2D eigenvalue weighted by molar-refractivity contribution is 5.80. The Morgan fingerprint density at radius 1 is 1.00 bits per heavy atom. The molecule has 0 amide bonds. The lowest BCUT2D eigenvalue weighted by atomic mass is 9.70. The lowest BCUT2D eigenvalue weighted by molar-refractivity contribution is 0.122. The van der Waals surface area contributed by atoms with Crippen LogP contribution in [-0.4, -0.2) is 52.5 Å². The number of rotatable bonds is 5. The van der Waals surface area contributed by atoms with Crippen molar-refractivity contribution >= 4 is 16.9 Å². The maximum absolute atomic E-state index is 5.57. The Bertz CT molecular complexity index is 683. The second-order valence-electron chi connectivity index (χ2n) is 8.68. The van der Waals surface area contributed by atoms with E-state index in [0.717, 1.165) is 52.5 Å². The van der Waals surface area contributed by atoms with E-state index in [1.807, 2.05) is 0 Å². The third-order valence-electron chi connectivity index (χ3n) is 7.37.